The average Bonchev–Trinajstić information content (AvgIpc) is 3.48. The highest BCUT2D eigenvalue weighted by atomic mass is 32.2. The number of hydrogen-bond donors (Lipinski definition) is 1. The molecule has 7 nitrogen and oxygen atoms in total. The van der Waals surface area contributed by atoms with Gasteiger partial charge in [-0.3, -0.25) is 4.79 Å². The van der Waals surface area contributed by atoms with Crippen molar-refractivity contribution < 1.29 is 22.0 Å². The first kappa shape index (κ1) is 22.8. The van der Waals surface area contributed by atoms with E-state index in [0.717, 1.165) is 43.5 Å². The predicted octanol–water partition coefficient (Wildman–Crippen LogP) is 4.35. The molecule has 0 bridgehead atoms. The second kappa shape index (κ2) is 8.98. The third-order valence-electron chi connectivity index (χ3n) is 6.88. The number of amides is 1. The molecule has 2 aromatic heterocycles. The summed E-state index contributed by atoms with van der Waals surface area (Å²) in [6.45, 7) is 0.641. The number of rotatable bonds is 5. The van der Waals surface area contributed by atoms with E-state index < -0.39 is 32.8 Å². The second-order valence-electron chi connectivity index (χ2n) is 9.03. The second-order valence-corrected chi connectivity index (χ2v) is 11.0. The van der Waals surface area contributed by atoms with Crippen LogP contribution in [0.3, 0.4) is 0 Å². The molecule has 1 aromatic carbocycles. The molecule has 3 heterocycles. The summed E-state index contributed by atoms with van der Waals surface area (Å²) in [7, 11) is -3.78. The summed E-state index contributed by atoms with van der Waals surface area (Å²) in [6.07, 6.45) is 8.27. The predicted molar refractivity (Wildman–Crippen MR) is 124 cm³/mol. The Hall–Kier alpha value is -3.01. The van der Waals surface area contributed by atoms with Crippen molar-refractivity contribution in [2.75, 3.05) is 11.4 Å². The van der Waals surface area contributed by atoms with E-state index in [1.807, 2.05) is 4.90 Å². The largest absolute Gasteiger partial charge is 0.364 e. The van der Waals surface area contributed by atoms with Gasteiger partial charge in [-0.05, 0) is 56.0 Å². The van der Waals surface area contributed by atoms with Crippen LogP contribution in [0.1, 0.15) is 66.9 Å². The molecule has 0 unspecified atom stereocenters. The lowest BCUT2D eigenvalue weighted by atomic mass is 10.0. The molecule has 1 atom stereocenters. The number of hydrogen-bond acceptors (Lipinski definition) is 5. The third-order valence-corrected chi connectivity index (χ3v) is 8.70. The summed E-state index contributed by atoms with van der Waals surface area (Å²) in [6, 6.07) is 6.66. The molecule has 1 N–H and O–H groups in total. The van der Waals surface area contributed by atoms with Crippen molar-refractivity contribution in [2.45, 2.75) is 56.2 Å². The molecule has 1 saturated heterocycles. The van der Waals surface area contributed by atoms with Gasteiger partial charge in [0.05, 0.1) is 28.6 Å². The van der Waals surface area contributed by atoms with Crippen LogP contribution < -0.4 is 9.62 Å². The van der Waals surface area contributed by atoms with Crippen LogP contribution in [0, 0.1) is 11.6 Å². The van der Waals surface area contributed by atoms with E-state index in [2.05, 4.69) is 9.82 Å². The first-order valence-corrected chi connectivity index (χ1v) is 13.1. The molecule has 1 aliphatic heterocycles. The van der Waals surface area contributed by atoms with Crippen LogP contribution in [0.15, 0.2) is 42.7 Å². The Kier molecular flexibility index (Phi) is 6.01. The van der Waals surface area contributed by atoms with Crippen LogP contribution in [-0.4, -0.2) is 35.7 Å². The van der Waals surface area contributed by atoms with E-state index >= 15 is 0 Å². The Morgan fingerprint density at radius 2 is 1.82 bits per heavy atom. The van der Waals surface area contributed by atoms with Gasteiger partial charge in [-0.25, -0.2) is 26.4 Å². The number of sulfonamides is 1. The summed E-state index contributed by atoms with van der Waals surface area (Å²) < 4.78 is 57.5. The lowest BCUT2D eigenvalue weighted by Crippen LogP contribution is -2.39. The molecule has 1 aliphatic carbocycles. The number of carbonyl (C=O) groups excluding carboxylic acids is 1. The quantitative estimate of drug-likeness (QED) is 0.578. The lowest BCUT2D eigenvalue weighted by Gasteiger charge is -2.27. The van der Waals surface area contributed by atoms with Crippen LogP contribution in [0.4, 0.5) is 14.5 Å². The Bertz CT molecular complexity index is 1340. The fraction of sp³-hybridized carbons (Fsp3) is 0.417. The molecular formula is C24H26F2N4O3S. The van der Waals surface area contributed by atoms with Crippen LogP contribution >= 0.6 is 0 Å². The molecule has 0 radical (unpaired) electrons. The standard InChI is InChI=1S/C24H26F2N4O3S/c25-16-8-9-21(26)19(13-16)22-7-4-11-29(22)17-10-12-30-23(14-17)20(15-27-30)24(31)28-34(32,33)18-5-2-1-3-6-18/h8-10,12-15,18,22H,1-7,11H2,(H,28,31)/t22-/m1/s1. The lowest BCUT2D eigenvalue weighted by molar-refractivity contribution is 0.0982. The maximum absolute atomic E-state index is 14.5. The molecule has 5 rings (SSSR count). The van der Waals surface area contributed by atoms with E-state index in [1.165, 1.54) is 16.8 Å². The van der Waals surface area contributed by atoms with Crippen LogP contribution in [0.5, 0.6) is 0 Å². The van der Waals surface area contributed by atoms with Crippen LogP contribution in [-0.2, 0) is 10.0 Å². The van der Waals surface area contributed by atoms with Crippen molar-refractivity contribution in [1.29, 1.82) is 0 Å². The summed E-state index contributed by atoms with van der Waals surface area (Å²) >= 11 is 0. The summed E-state index contributed by atoms with van der Waals surface area (Å²) in [5.41, 5.74) is 1.61. The molecule has 180 valence electrons. The van der Waals surface area contributed by atoms with Gasteiger partial charge >= 0.3 is 0 Å². The first-order chi connectivity index (χ1) is 16.3. The van der Waals surface area contributed by atoms with E-state index in [4.69, 9.17) is 0 Å². The molecule has 1 amide bonds. The third kappa shape index (κ3) is 4.26. The topological polar surface area (TPSA) is 83.8 Å². The van der Waals surface area contributed by atoms with Gasteiger partial charge in [0, 0.05) is 24.0 Å². The summed E-state index contributed by atoms with van der Waals surface area (Å²) in [5, 5.41) is 3.62. The molecule has 34 heavy (non-hydrogen) atoms. The SMILES string of the molecule is O=C(NS(=O)(=O)C1CCCCC1)c1cnn2ccc(N3CCC[C@@H]3c3cc(F)ccc3F)cc12. The Balaban J connectivity index is 1.44. The highest BCUT2D eigenvalue weighted by Gasteiger charge is 2.31. The highest BCUT2D eigenvalue weighted by Crippen LogP contribution is 2.38. The zero-order valence-electron chi connectivity index (χ0n) is 18.6. The van der Waals surface area contributed by atoms with E-state index in [0.29, 0.717) is 36.9 Å². The molecule has 10 heteroatoms. The Labute approximate surface area is 196 Å². The molecule has 1 saturated carbocycles. The van der Waals surface area contributed by atoms with Crippen LogP contribution in [0.25, 0.3) is 5.52 Å². The summed E-state index contributed by atoms with van der Waals surface area (Å²) in [5.74, 6) is -1.67. The maximum atomic E-state index is 14.5. The summed E-state index contributed by atoms with van der Waals surface area (Å²) in [4.78, 5) is 14.9. The normalized spacial score (nSPS) is 19.6. The molecule has 2 aliphatic rings. The van der Waals surface area contributed by atoms with Crippen molar-refractivity contribution in [3.8, 4) is 0 Å². The minimum atomic E-state index is -3.78. The highest BCUT2D eigenvalue weighted by molar-refractivity contribution is 7.90. The van der Waals surface area contributed by atoms with Gasteiger partial charge in [0.15, 0.2) is 0 Å². The molecule has 2 fully saturated rings. The number of nitrogens with one attached hydrogen (secondary N) is 1. The zero-order valence-corrected chi connectivity index (χ0v) is 19.4. The Morgan fingerprint density at radius 3 is 2.62 bits per heavy atom. The Morgan fingerprint density at radius 1 is 1.03 bits per heavy atom. The smallest absolute Gasteiger partial charge is 0.268 e. The van der Waals surface area contributed by atoms with Crippen molar-refractivity contribution in [3.05, 3.63) is 65.5 Å². The van der Waals surface area contributed by atoms with E-state index in [1.54, 1.807) is 18.3 Å². The molecular weight excluding hydrogens is 462 g/mol. The number of anilines is 1. The van der Waals surface area contributed by atoms with Crippen molar-refractivity contribution in [1.82, 2.24) is 14.3 Å². The minimum Gasteiger partial charge on any atom is -0.364 e. The van der Waals surface area contributed by atoms with Crippen molar-refractivity contribution >= 4 is 27.1 Å². The van der Waals surface area contributed by atoms with E-state index in [9.17, 15) is 22.0 Å². The average molecular weight is 489 g/mol. The maximum Gasteiger partial charge on any atom is 0.268 e. The van der Waals surface area contributed by atoms with Gasteiger partial charge in [-0.1, -0.05) is 19.3 Å². The first-order valence-electron chi connectivity index (χ1n) is 11.6. The number of carbonyl (C=O) groups is 1. The number of aromatic nitrogens is 2. The fourth-order valence-electron chi connectivity index (χ4n) is 5.14. The van der Waals surface area contributed by atoms with Crippen LogP contribution in [0.2, 0.25) is 0 Å². The number of halogens is 2. The number of nitrogens with zero attached hydrogens (tertiary/aromatic N) is 3. The minimum absolute atomic E-state index is 0.147. The number of pyridine rings is 1. The van der Waals surface area contributed by atoms with Gasteiger partial charge in [0.25, 0.3) is 5.91 Å². The fourth-order valence-corrected chi connectivity index (χ4v) is 6.62. The van der Waals surface area contributed by atoms with Gasteiger partial charge in [0.2, 0.25) is 10.0 Å². The monoisotopic (exact) mass is 488 g/mol. The number of fused-ring (bicyclic) bond motifs is 1. The zero-order chi connectivity index (χ0) is 23.9. The molecule has 0 spiro atoms. The van der Waals surface area contributed by atoms with E-state index in [-0.39, 0.29) is 11.6 Å². The van der Waals surface area contributed by atoms with Gasteiger partial charge in [-0.2, -0.15) is 5.10 Å². The number of benzene rings is 1. The molecule has 3 aromatic rings. The van der Waals surface area contributed by atoms with Gasteiger partial charge in [-0.15, -0.1) is 0 Å². The van der Waals surface area contributed by atoms with Gasteiger partial charge in [0.1, 0.15) is 11.6 Å². The van der Waals surface area contributed by atoms with Gasteiger partial charge < -0.3 is 4.90 Å². The van der Waals surface area contributed by atoms with Crippen molar-refractivity contribution in [3.63, 3.8) is 0 Å². The van der Waals surface area contributed by atoms with Crippen molar-refractivity contribution in [2.24, 2.45) is 0 Å².